The topological polar surface area (TPSA) is 109 Å². The molecule has 29 heavy (non-hydrogen) atoms. The number of carbonyl (C=O) groups is 2. The molecule has 0 spiro atoms. The lowest BCUT2D eigenvalue weighted by Gasteiger charge is -2.12. The summed E-state index contributed by atoms with van der Waals surface area (Å²) in [5, 5.41) is 9.01. The molecule has 0 radical (unpaired) electrons. The zero-order chi connectivity index (χ0) is 20.2. The summed E-state index contributed by atoms with van der Waals surface area (Å²) in [6.45, 7) is 1.24. The quantitative estimate of drug-likeness (QED) is 0.179. The van der Waals surface area contributed by atoms with Gasteiger partial charge in [0.15, 0.2) is 5.96 Å². The molecule has 0 heterocycles. The van der Waals surface area contributed by atoms with E-state index in [0.717, 1.165) is 30.9 Å². The number of primary amides is 1. The Labute approximate surface area is 188 Å². The second-order valence-electron chi connectivity index (χ2n) is 6.29. The van der Waals surface area contributed by atoms with Crippen LogP contribution in [0, 0.1) is 0 Å². The van der Waals surface area contributed by atoms with Gasteiger partial charge < -0.3 is 21.7 Å². The maximum atomic E-state index is 11.9. The third-order valence-electron chi connectivity index (χ3n) is 4.10. The first-order valence-electron chi connectivity index (χ1n) is 9.22. The van der Waals surface area contributed by atoms with E-state index in [4.69, 9.17) is 5.73 Å². The SMILES string of the molecule is CN=C(NCCCc1ccccc1)NCc1ccc(C(=O)NCC(N)=O)cc1.I. The van der Waals surface area contributed by atoms with E-state index >= 15 is 0 Å². The molecule has 2 aromatic carbocycles. The Hall–Kier alpha value is -2.62. The number of halogens is 1. The average molecular weight is 509 g/mol. The van der Waals surface area contributed by atoms with Gasteiger partial charge in [0, 0.05) is 25.7 Å². The van der Waals surface area contributed by atoms with Crippen molar-refractivity contribution >= 4 is 41.8 Å². The van der Waals surface area contributed by atoms with Crippen molar-refractivity contribution in [1.82, 2.24) is 16.0 Å². The summed E-state index contributed by atoms with van der Waals surface area (Å²) in [5.41, 5.74) is 7.84. The summed E-state index contributed by atoms with van der Waals surface area (Å²) in [6, 6.07) is 17.5. The van der Waals surface area contributed by atoms with Gasteiger partial charge in [0.2, 0.25) is 5.91 Å². The molecule has 2 amide bonds. The van der Waals surface area contributed by atoms with Gasteiger partial charge in [-0.1, -0.05) is 42.5 Å². The fraction of sp³-hybridized carbons (Fsp3) is 0.286. The van der Waals surface area contributed by atoms with Gasteiger partial charge in [-0.25, -0.2) is 0 Å². The zero-order valence-electron chi connectivity index (χ0n) is 16.5. The highest BCUT2D eigenvalue weighted by molar-refractivity contribution is 14.0. The third-order valence-corrected chi connectivity index (χ3v) is 4.10. The molecular weight excluding hydrogens is 481 g/mol. The Bertz CT molecular complexity index is 794. The molecule has 0 aliphatic rings. The minimum absolute atomic E-state index is 0. The zero-order valence-corrected chi connectivity index (χ0v) is 18.8. The van der Waals surface area contributed by atoms with Crippen LogP contribution in [0.1, 0.15) is 27.9 Å². The lowest BCUT2D eigenvalue weighted by atomic mass is 10.1. The molecule has 0 saturated heterocycles. The molecule has 0 aromatic heterocycles. The number of rotatable bonds is 9. The molecular formula is C21H28IN5O2. The van der Waals surface area contributed by atoms with E-state index in [1.807, 2.05) is 18.2 Å². The standard InChI is InChI=1S/C21H27N5O2.HI/c1-23-21(24-13-5-8-16-6-3-2-4-7-16)26-14-17-9-11-18(12-10-17)20(28)25-15-19(22)27;/h2-4,6-7,9-12H,5,8,13-15H2,1H3,(H2,22,27)(H,25,28)(H2,23,24,26);1H. The molecule has 0 unspecified atom stereocenters. The van der Waals surface area contributed by atoms with E-state index in [0.29, 0.717) is 12.1 Å². The Kier molecular flexibility index (Phi) is 11.4. The number of hydrogen-bond donors (Lipinski definition) is 4. The van der Waals surface area contributed by atoms with Gasteiger partial charge in [-0.15, -0.1) is 24.0 Å². The predicted octanol–water partition coefficient (Wildman–Crippen LogP) is 1.82. The van der Waals surface area contributed by atoms with Gasteiger partial charge in [0.05, 0.1) is 6.54 Å². The number of aliphatic imine (C=N–C) groups is 1. The highest BCUT2D eigenvalue weighted by atomic mass is 127. The summed E-state index contributed by atoms with van der Waals surface area (Å²) < 4.78 is 0. The number of aryl methyl sites for hydroxylation is 1. The van der Waals surface area contributed by atoms with Crippen molar-refractivity contribution in [2.75, 3.05) is 20.1 Å². The van der Waals surface area contributed by atoms with Gasteiger partial charge >= 0.3 is 0 Å². The molecule has 0 aliphatic carbocycles. The minimum Gasteiger partial charge on any atom is -0.368 e. The molecule has 8 heteroatoms. The first-order chi connectivity index (χ1) is 13.6. The number of guanidine groups is 1. The molecule has 0 saturated carbocycles. The van der Waals surface area contributed by atoms with Crippen LogP contribution >= 0.6 is 24.0 Å². The summed E-state index contributed by atoms with van der Waals surface area (Å²) in [7, 11) is 1.73. The molecule has 2 rings (SSSR count). The maximum absolute atomic E-state index is 11.9. The van der Waals surface area contributed by atoms with E-state index in [9.17, 15) is 9.59 Å². The lowest BCUT2D eigenvalue weighted by Crippen LogP contribution is -2.37. The van der Waals surface area contributed by atoms with Crippen molar-refractivity contribution in [3.8, 4) is 0 Å². The number of amides is 2. The van der Waals surface area contributed by atoms with Crippen molar-refractivity contribution in [2.45, 2.75) is 19.4 Å². The lowest BCUT2D eigenvalue weighted by molar-refractivity contribution is -0.117. The van der Waals surface area contributed by atoms with E-state index in [1.54, 1.807) is 19.2 Å². The van der Waals surface area contributed by atoms with Crippen molar-refractivity contribution in [2.24, 2.45) is 10.7 Å². The molecule has 5 N–H and O–H groups in total. The molecule has 0 atom stereocenters. The molecule has 0 aliphatic heterocycles. The molecule has 7 nitrogen and oxygen atoms in total. The Morgan fingerprint density at radius 3 is 2.24 bits per heavy atom. The number of carbonyl (C=O) groups excluding carboxylic acids is 2. The molecule has 0 bridgehead atoms. The highest BCUT2D eigenvalue weighted by Gasteiger charge is 2.06. The van der Waals surface area contributed by atoms with E-state index < -0.39 is 5.91 Å². The second kappa shape index (κ2) is 13.5. The van der Waals surface area contributed by atoms with Crippen LogP contribution in [0.5, 0.6) is 0 Å². The summed E-state index contributed by atoms with van der Waals surface area (Å²) in [4.78, 5) is 26.8. The van der Waals surface area contributed by atoms with Crippen LogP contribution in [-0.4, -0.2) is 37.9 Å². The van der Waals surface area contributed by atoms with Crippen LogP contribution in [0.4, 0.5) is 0 Å². The molecule has 0 fully saturated rings. The fourth-order valence-corrected chi connectivity index (χ4v) is 2.59. The normalized spacial score (nSPS) is 10.6. The number of hydrogen-bond acceptors (Lipinski definition) is 3. The largest absolute Gasteiger partial charge is 0.368 e. The number of nitrogens with one attached hydrogen (secondary N) is 3. The monoisotopic (exact) mass is 509 g/mol. The van der Waals surface area contributed by atoms with E-state index in [-0.39, 0.29) is 36.4 Å². The van der Waals surface area contributed by atoms with Gasteiger partial charge in [-0.3, -0.25) is 14.6 Å². The first kappa shape index (κ1) is 24.4. The van der Waals surface area contributed by atoms with Crippen LogP contribution in [-0.2, 0) is 17.8 Å². The van der Waals surface area contributed by atoms with Crippen molar-refractivity contribution in [1.29, 1.82) is 0 Å². The smallest absolute Gasteiger partial charge is 0.251 e. The van der Waals surface area contributed by atoms with E-state index in [1.165, 1.54) is 5.56 Å². The Morgan fingerprint density at radius 1 is 0.931 bits per heavy atom. The predicted molar refractivity (Wildman–Crippen MR) is 126 cm³/mol. The van der Waals surface area contributed by atoms with Gasteiger partial charge in [0.1, 0.15) is 0 Å². The van der Waals surface area contributed by atoms with Crippen molar-refractivity contribution < 1.29 is 9.59 Å². The number of nitrogens with zero attached hydrogens (tertiary/aromatic N) is 1. The van der Waals surface area contributed by atoms with Gasteiger partial charge in [-0.2, -0.15) is 0 Å². The van der Waals surface area contributed by atoms with Crippen LogP contribution in [0.15, 0.2) is 59.6 Å². The Balaban J connectivity index is 0.00000420. The van der Waals surface area contributed by atoms with Crippen LogP contribution in [0.3, 0.4) is 0 Å². The van der Waals surface area contributed by atoms with Gasteiger partial charge in [-0.05, 0) is 36.1 Å². The first-order valence-corrected chi connectivity index (χ1v) is 9.22. The molecule has 2 aromatic rings. The third kappa shape index (κ3) is 9.42. The molecule has 156 valence electrons. The summed E-state index contributed by atoms with van der Waals surface area (Å²) >= 11 is 0. The van der Waals surface area contributed by atoms with Crippen LogP contribution < -0.4 is 21.7 Å². The Morgan fingerprint density at radius 2 is 1.62 bits per heavy atom. The van der Waals surface area contributed by atoms with Crippen molar-refractivity contribution in [3.63, 3.8) is 0 Å². The highest BCUT2D eigenvalue weighted by Crippen LogP contribution is 2.04. The van der Waals surface area contributed by atoms with Crippen LogP contribution in [0.2, 0.25) is 0 Å². The minimum atomic E-state index is -0.572. The maximum Gasteiger partial charge on any atom is 0.251 e. The van der Waals surface area contributed by atoms with Gasteiger partial charge in [0.25, 0.3) is 5.91 Å². The van der Waals surface area contributed by atoms with Crippen LogP contribution in [0.25, 0.3) is 0 Å². The second-order valence-corrected chi connectivity index (χ2v) is 6.29. The summed E-state index contributed by atoms with van der Waals surface area (Å²) in [6.07, 6.45) is 2.03. The fourth-order valence-electron chi connectivity index (χ4n) is 2.59. The van der Waals surface area contributed by atoms with E-state index in [2.05, 4.69) is 45.2 Å². The number of nitrogens with two attached hydrogens (primary N) is 1. The number of benzene rings is 2. The summed E-state index contributed by atoms with van der Waals surface area (Å²) in [5.74, 6) is -0.164. The van der Waals surface area contributed by atoms with Crippen molar-refractivity contribution in [3.05, 3.63) is 71.3 Å². The average Bonchev–Trinajstić information content (AvgIpc) is 2.72.